The molecule has 1 heterocycles. The highest BCUT2D eigenvalue weighted by Gasteiger charge is 2.06. The minimum Gasteiger partial charge on any atom is -0.350 e. The molecule has 2 amide bonds. The molecular weight excluding hydrogens is 248 g/mol. The van der Waals surface area contributed by atoms with E-state index in [2.05, 4.69) is 15.5 Å². The molecule has 0 unspecified atom stereocenters. The van der Waals surface area contributed by atoms with E-state index in [1.54, 1.807) is 6.92 Å². The van der Waals surface area contributed by atoms with E-state index in [1.807, 2.05) is 35.7 Å². The van der Waals surface area contributed by atoms with Crippen LogP contribution >= 0.6 is 11.3 Å². The summed E-state index contributed by atoms with van der Waals surface area (Å²) in [7, 11) is 0. The number of amides is 2. The zero-order chi connectivity index (χ0) is 13.0. The van der Waals surface area contributed by atoms with E-state index in [1.165, 1.54) is 11.3 Å². The molecule has 0 saturated heterocycles. The molecule has 0 atom stereocenters. The van der Waals surface area contributed by atoms with Crippen molar-refractivity contribution in [2.24, 2.45) is 10.8 Å². The van der Waals surface area contributed by atoms with Crippen LogP contribution in [0.2, 0.25) is 0 Å². The van der Waals surface area contributed by atoms with Crippen molar-refractivity contribution in [2.75, 3.05) is 0 Å². The number of thiazole rings is 1. The van der Waals surface area contributed by atoms with Gasteiger partial charge in [-0.3, -0.25) is 0 Å². The number of nitrogens with zero attached hydrogens (tertiary/aromatic N) is 2. The number of hydrazone groups is 1. The molecule has 6 heteroatoms. The van der Waals surface area contributed by atoms with Gasteiger partial charge < -0.3 is 5.73 Å². The van der Waals surface area contributed by atoms with Gasteiger partial charge >= 0.3 is 6.03 Å². The van der Waals surface area contributed by atoms with Crippen LogP contribution in [0.3, 0.4) is 0 Å². The molecule has 0 aliphatic rings. The van der Waals surface area contributed by atoms with Crippen molar-refractivity contribution in [3.63, 3.8) is 0 Å². The average Bonchev–Trinajstić information content (AvgIpc) is 2.86. The number of hydrogen-bond acceptors (Lipinski definition) is 4. The predicted octanol–water partition coefficient (Wildman–Crippen LogP) is 2.20. The largest absolute Gasteiger partial charge is 0.350 e. The smallest absolute Gasteiger partial charge is 0.332 e. The lowest BCUT2D eigenvalue weighted by Crippen LogP contribution is -2.25. The van der Waals surface area contributed by atoms with Crippen molar-refractivity contribution >= 4 is 23.1 Å². The highest BCUT2D eigenvalue weighted by atomic mass is 32.1. The Labute approximate surface area is 108 Å². The Kier molecular flexibility index (Phi) is 3.69. The normalized spacial score (nSPS) is 11.3. The number of nitrogens with two attached hydrogens (primary N) is 1. The van der Waals surface area contributed by atoms with Crippen molar-refractivity contribution in [3.8, 4) is 10.6 Å². The van der Waals surface area contributed by atoms with E-state index in [0.29, 0.717) is 5.71 Å². The lowest BCUT2D eigenvalue weighted by Gasteiger charge is -1.96. The summed E-state index contributed by atoms with van der Waals surface area (Å²) in [6, 6.07) is 9.19. The van der Waals surface area contributed by atoms with Gasteiger partial charge in [0.1, 0.15) is 5.01 Å². The SMILES string of the molecule is C/C(=N\NC(N)=O)c1csc(-c2ccccc2)n1. The number of primary amides is 1. The molecule has 0 aliphatic carbocycles. The Morgan fingerprint density at radius 2 is 2.11 bits per heavy atom. The number of urea groups is 1. The third-order valence-electron chi connectivity index (χ3n) is 2.23. The van der Waals surface area contributed by atoms with Gasteiger partial charge in [-0.1, -0.05) is 30.3 Å². The van der Waals surface area contributed by atoms with Gasteiger partial charge in [0, 0.05) is 10.9 Å². The molecule has 0 radical (unpaired) electrons. The van der Waals surface area contributed by atoms with Gasteiger partial charge in [-0.25, -0.2) is 15.2 Å². The summed E-state index contributed by atoms with van der Waals surface area (Å²) in [6.45, 7) is 1.76. The van der Waals surface area contributed by atoms with E-state index >= 15 is 0 Å². The summed E-state index contributed by atoms with van der Waals surface area (Å²) in [6.07, 6.45) is 0. The number of carbonyl (C=O) groups is 1. The van der Waals surface area contributed by atoms with Crippen LogP contribution in [0.1, 0.15) is 12.6 Å². The molecule has 92 valence electrons. The number of aromatic nitrogens is 1. The third kappa shape index (κ3) is 2.92. The first-order chi connectivity index (χ1) is 8.66. The molecule has 18 heavy (non-hydrogen) atoms. The molecule has 0 aliphatic heterocycles. The fraction of sp³-hybridized carbons (Fsp3) is 0.0833. The van der Waals surface area contributed by atoms with Crippen molar-refractivity contribution in [2.45, 2.75) is 6.92 Å². The Hall–Kier alpha value is -2.21. The Balaban J connectivity index is 2.21. The third-order valence-corrected chi connectivity index (χ3v) is 3.12. The maximum atomic E-state index is 10.5. The Morgan fingerprint density at radius 3 is 2.78 bits per heavy atom. The number of rotatable bonds is 3. The Morgan fingerprint density at radius 1 is 1.39 bits per heavy atom. The van der Waals surface area contributed by atoms with E-state index in [0.717, 1.165) is 16.3 Å². The van der Waals surface area contributed by atoms with Crippen molar-refractivity contribution in [1.82, 2.24) is 10.4 Å². The summed E-state index contributed by atoms with van der Waals surface area (Å²) in [5.41, 5.74) is 9.53. The van der Waals surface area contributed by atoms with Crippen LogP contribution in [0.25, 0.3) is 10.6 Å². The van der Waals surface area contributed by atoms with Gasteiger partial charge in [-0.2, -0.15) is 5.10 Å². The van der Waals surface area contributed by atoms with Crippen LogP contribution in [0.4, 0.5) is 4.79 Å². The number of carbonyl (C=O) groups excluding carboxylic acids is 1. The van der Waals surface area contributed by atoms with E-state index in [-0.39, 0.29) is 0 Å². The van der Waals surface area contributed by atoms with Crippen molar-refractivity contribution in [1.29, 1.82) is 0 Å². The summed E-state index contributed by atoms with van der Waals surface area (Å²) in [5, 5.41) is 6.65. The summed E-state index contributed by atoms with van der Waals surface area (Å²) < 4.78 is 0. The molecule has 2 aromatic rings. The van der Waals surface area contributed by atoms with Gasteiger partial charge in [0.05, 0.1) is 11.4 Å². The van der Waals surface area contributed by atoms with Crippen LogP contribution in [0, 0.1) is 0 Å². The number of nitrogens with one attached hydrogen (secondary N) is 1. The predicted molar refractivity (Wildman–Crippen MR) is 72.5 cm³/mol. The lowest BCUT2D eigenvalue weighted by molar-refractivity contribution is 0.249. The lowest BCUT2D eigenvalue weighted by atomic mass is 10.2. The van der Waals surface area contributed by atoms with E-state index in [9.17, 15) is 4.79 Å². The van der Waals surface area contributed by atoms with Crippen molar-refractivity contribution in [3.05, 3.63) is 41.4 Å². The van der Waals surface area contributed by atoms with Crippen LogP contribution in [0.5, 0.6) is 0 Å². The molecule has 5 nitrogen and oxygen atoms in total. The second-order valence-electron chi connectivity index (χ2n) is 3.58. The number of hydrogen-bond donors (Lipinski definition) is 2. The molecule has 0 bridgehead atoms. The highest BCUT2D eigenvalue weighted by Crippen LogP contribution is 2.23. The second-order valence-corrected chi connectivity index (χ2v) is 4.44. The number of benzene rings is 1. The molecule has 3 N–H and O–H groups in total. The Bertz CT molecular complexity index is 577. The van der Waals surface area contributed by atoms with Gasteiger partial charge in [0.25, 0.3) is 0 Å². The zero-order valence-corrected chi connectivity index (χ0v) is 10.6. The molecule has 1 aromatic carbocycles. The fourth-order valence-corrected chi connectivity index (χ4v) is 2.22. The first kappa shape index (κ1) is 12.3. The van der Waals surface area contributed by atoms with Gasteiger partial charge in [0.2, 0.25) is 0 Å². The van der Waals surface area contributed by atoms with Crippen LogP contribution in [0.15, 0.2) is 40.8 Å². The van der Waals surface area contributed by atoms with Gasteiger partial charge in [-0.15, -0.1) is 11.3 Å². The van der Waals surface area contributed by atoms with Gasteiger partial charge in [-0.05, 0) is 6.92 Å². The molecule has 1 aromatic heterocycles. The van der Waals surface area contributed by atoms with Crippen LogP contribution < -0.4 is 11.2 Å². The standard InChI is InChI=1S/C12H12N4OS/c1-8(15-16-12(13)17)10-7-18-11(14-10)9-5-3-2-4-6-9/h2-7H,1H3,(H3,13,16,17)/b15-8+. The minimum atomic E-state index is -0.687. The highest BCUT2D eigenvalue weighted by molar-refractivity contribution is 7.13. The first-order valence-corrected chi connectivity index (χ1v) is 6.16. The molecule has 0 spiro atoms. The summed E-state index contributed by atoms with van der Waals surface area (Å²) in [5.74, 6) is 0. The monoisotopic (exact) mass is 260 g/mol. The van der Waals surface area contributed by atoms with Crippen LogP contribution in [-0.2, 0) is 0 Å². The summed E-state index contributed by atoms with van der Waals surface area (Å²) >= 11 is 1.53. The second kappa shape index (κ2) is 5.42. The van der Waals surface area contributed by atoms with Crippen molar-refractivity contribution < 1.29 is 4.79 Å². The average molecular weight is 260 g/mol. The van der Waals surface area contributed by atoms with Crippen LogP contribution in [-0.4, -0.2) is 16.7 Å². The molecular formula is C12H12N4OS. The first-order valence-electron chi connectivity index (χ1n) is 5.28. The maximum Gasteiger partial charge on any atom is 0.332 e. The van der Waals surface area contributed by atoms with E-state index < -0.39 is 6.03 Å². The summed E-state index contributed by atoms with van der Waals surface area (Å²) in [4.78, 5) is 15.0. The topological polar surface area (TPSA) is 80.4 Å². The zero-order valence-electron chi connectivity index (χ0n) is 9.75. The van der Waals surface area contributed by atoms with E-state index in [4.69, 9.17) is 5.73 Å². The molecule has 0 saturated carbocycles. The molecule has 2 rings (SSSR count). The van der Waals surface area contributed by atoms with Gasteiger partial charge in [0.15, 0.2) is 0 Å². The fourth-order valence-electron chi connectivity index (χ4n) is 1.35. The minimum absolute atomic E-state index is 0.618. The molecule has 0 fully saturated rings. The quantitative estimate of drug-likeness (QED) is 0.655. The maximum absolute atomic E-state index is 10.5.